The molecule has 2 heterocycles. The molecule has 0 radical (unpaired) electrons. The standard InChI is InChI=1S/C30H38FN3O5S/c1-20(24-9-7-8-10-25(24)31)32-27-33-40(36,37)26(30(5,6)38-27)19-21-11-13-22(14-12-21)23-15-17-34(18-16-23)28(35)39-29(2,3)4/h7-15,20,26H,16-19H2,1-6H3,(H,32,33)/t20-,26?/m0/s1. The number of nitrogens with zero attached hydrogens (tertiary/aromatic N) is 2. The Morgan fingerprint density at radius 2 is 1.88 bits per heavy atom. The highest BCUT2D eigenvalue weighted by atomic mass is 32.2. The molecule has 0 aromatic heterocycles. The van der Waals surface area contributed by atoms with Gasteiger partial charge in [-0.05, 0) is 77.2 Å². The van der Waals surface area contributed by atoms with Crippen molar-refractivity contribution in [2.45, 2.75) is 76.9 Å². The van der Waals surface area contributed by atoms with E-state index in [1.165, 1.54) is 6.07 Å². The molecule has 8 nitrogen and oxygen atoms in total. The average Bonchev–Trinajstić information content (AvgIpc) is 2.85. The molecule has 10 heteroatoms. The fourth-order valence-corrected chi connectivity index (χ4v) is 6.55. The van der Waals surface area contributed by atoms with Gasteiger partial charge in [-0.1, -0.05) is 48.5 Å². The molecule has 4 rings (SSSR count). The van der Waals surface area contributed by atoms with Crippen molar-refractivity contribution in [3.05, 3.63) is 77.1 Å². The Labute approximate surface area is 236 Å². The number of halogens is 1. The number of benzene rings is 2. The first-order valence-electron chi connectivity index (χ1n) is 13.4. The number of amides is 1. The van der Waals surface area contributed by atoms with Crippen LogP contribution in [0.3, 0.4) is 0 Å². The molecule has 0 aliphatic carbocycles. The van der Waals surface area contributed by atoms with Crippen LogP contribution in [0.15, 0.2) is 59.6 Å². The average molecular weight is 572 g/mol. The first-order valence-corrected chi connectivity index (χ1v) is 15.0. The molecule has 0 bridgehead atoms. The van der Waals surface area contributed by atoms with E-state index in [-0.39, 0.29) is 18.5 Å². The van der Waals surface area contributed by atoms with Crippen LogP contribution < -0.4 is 4.72 Å². The zero-order valence-corrected chi connectivity index (χ0v) is 24.7. The number of hydrogen-bond donors (Lipinski definition) is 1. The van der Waals surface area contributed by atoms with Gasteiger partial charge < -0.3 is 14.4 Å². The molecule has 2 aliphatic heterocycles. The van der Waals surface area contributed by atoms with E-state index in [0.29, 0.717) is 25.1 Å². The van der Waals surface area contributed by atoms with Gasteiger partial charge in [-0.15, -0.1) is 0 Å². The molecule has 0 spiro atoms. The Hall–Kier alpha value is -3.40. The smallest absolute Gasteiger partial charge is 0.410 e. The van der Waals surface area contributed by atoms with Gasteiger partial charge in [-0.25, -0.2) is 27.3 Å². The van der Waals surface area contributed by atoms with Crippen molar-refractivity contribution in [3.8, 4) is 0 Å². The Kier molecular flexibility index (Phi) is 8.31. The van der Waals surface area contributed by atoms with Crippen LogP contribution in [0, 0.1) is 5.82 Å². The fraction of sp³-hybridized carbons (Fsp3) is 0.467. The second-order valence-electron chi connectivity index (χ2n) is 11.8. The summed E-state index contributed by atoms with van der Waals surface area (Å²) in [5.41, 5.74) is 1.75. The lowest BCUT2D eigenvalue weighted by Gasteiger charge is -2.39. The molecular weight excluding hydrogens is 533 g/mol. The first-order chi connectivity index (χ1) is 18.6. The van der Waals surface area contributed by atoms with Gasteiger partial charge >= 0.3 is 6.09 Å². The molecular formula is C30H38FN3O5S. The summed E-state index contributed by atoms with van der Waals surface area (Å²) in [4.78, 5) is 18.3. The minimum atomic E-state index is -3.83. The third-order valence-electron chi connectivity index (χ3n) is 7.01. The summed E-state index contributed by atoms with van der Waals surface area (Å²) in [6, 6.07) is 13.3. The third-order valence-corrected chi connectivity index (χ3v) is 8.95. The number of aliphatic imine (C=N–C) groups is 1. The van der Waals surface area contributed by atoms with Gasteiger partial charge in [-0.3, -0.25) is 0 Å². The summed E-state index contributed by atoms with van der Waals surface area (Å²) in [5.74, 6) is -0.414. The lowest BCUT2D eigenvalue weighted by Crippen LogP contribution is -2.59. The monoisotopic (exact) mass is 571 g/mol. The lowest BCUT2D eigenvalue weighted by atomic mass is 9.94. The molecule has 2 aromatic carbocycles. The maximum Gasteiger partial charge on any atom is 0.410 e. The van der Waals surface area contributed by atoms with E-state index in [4.69, 9.17) is 9.47 Å². The maximum absolute atomic E-state index is 14.2. The summed E-state index contributed by atoms with van der Waals surface area (Å²) < 4.78 is 54.7. The Balaban J connectivity index is 1.43. The second kappa shape index (κ2) is 11.2. The zero-order valence-electron chi connectivity index (χ0n) is 23.9. The van der Waals surface area contributed by atoms with Crippen molar-refractivity contribution in [2.24, 2.45) is 4.99 Å². The highest BCUT2D eigenvalue weighted by Crippen LogP contribution is 2.31. The minimum absolute atomic E-state index is 0.142. The quantitative estimate of drug-likeness (QED) is 0.504. The fourth-order valence-electron chi connectivity index (χ4n) is 4.86. The van der Waals surface area contributed by atoms with E-state index in [9.17, 15) is 17.6 Å². The molecule has 2 atom stereocenters. The van der Waals surface area contributed by atoms with E-state index in [0.717, 1.165) is 16.7 Å². The lowest BCUT2D eigenvalue weighted by molar-refractivity contribution is 0.0270. The van der Waals surface area contributed by atoms with Crippen molar-refractivity contribution in [1.82, 2.24) is 9.62 Å². The largest absolute Gasteiger partial charge is 0.457 e. The van der Waals surface area contributed by atoms with Crippen LogP contribution in [0.1, 0.15) is 70.7 Å². The molecule has 0 saturated carbocycles. The van der Waals surface area contributed by atoms with Gasteiger partial charge in [0.05, 0.1) is 6.04 Å². The van der Waals surface area contributed by atoms with Gasteiger partial charge in [0.15, 0.2) is 0 Å². The summed E-state index contributed by atoms with van der Waals surface area (Å²) in [6.45, 7) is 11.7. The van der Waals surface area contributed by atoms with Gasteiger partial charge in [0.2, 0.25) is 10.0 Å². The summed E-state index contributed by atoms with van der Waals surface area (Å²) >= 11 is 0. The number of carbonyl (C=O) groups excluding carboxylic acids is 1. The van der Waals surface area contributed by atoms with Crippen LogP contribution in [-0.4, -0.2) is 55.0 Å². The van der Waals surface area contributed by atoms with Crippen molar-refractivity contribution in [1.29, 1.82) is 0 Å². The van der Waals surface area contributed by atoms with E-state index in [1.807, 2.05) is 51.1 Å². The van der Waals surface area contributed by atoms with Gasteiger partial charge in [0.1, 0.15) is 22.3 Å². The van der Waals surface area contributed by atoms with Gasteiger partial charge in [0.25, 0.3) is 6.02 Å². The van der Waals surface area contributed by atoms with E-state index in [2.05, 4.69) is 9.71 Å². The van der Waals surface area contributed by atoms with Crippen LogP contribution in [0.4, 0.5) is 9.18 Å². The summed E-state index contributed by atoms with van der Waals surface area (Å²) in [5, 5.41) is -0.871. The highest BCUT2D eigenvalue weighted by Gasteiger charge is 2.47. The van der Waals surface area contributed by atoms with Crippen LogP contribution in [0.5, 0.6) is 0 Å². The van der Waals surface area contributed by atoms with E-state index >= 15 is 0 Å². The SMILES string of the molecule is C[C@H](N=C1NS(=O)(=O)C(Cc2ccc(C3=CCN(C(=O)OC(C)(C)C)CC3)cc2)C(C)(C)O1)c1ccccc1F. The van der Waals surface area contributed by atoms with Crippen LogP contribution in [0.25, 0.3) is 5.57 Å². The molecule has 40 heavy (non-hydrogen) atoms. The van der Waals surface area contributed by atoms with E-state index < -0.39 is 38.3 Å². The van der Waals surface area contributed by atoms with Crippen molar-refractivity contribution in [2.75, 3.05) is 13.1 Å². The molecule has 216 valence electrons. The predicted octanol–water partition coefficient (Wildman–Crippen LogP) is 5.61. The normalized spacial score (nSPS) is 22.1. The van der Waals surface area contributed by atoms with Crippen molar-refractivity contribution in [3.63, 3.8) is 0 Å². The van der Waals surface area contributed by atoms with Crippen LogP contribution >= 0.6 is 0 Å². The summed E-state index contributed by atoms with van der Waals surface area (Å²) in [7, 11) is -3.83. The number of hydrogen-bond acceptors (Lipinski definition) is 6. The van der Waals surface area contributed by atoms with Crippen molar-refractivity contribution >= 4 is 27.7 Å². The van der Waals surface area contributed by atoms with Crippen LogP contribution in [0.2, 0.25) is 0 Å². The third kappa shape index (κ3) is 7.02. The van der Waals surface area contributed by atoms with Crippen LogP contribution in [-0.2, 0) is 25.9 Å². The Morgan fingerprint density at radius 1 is 1.20 bits per heavy atom. The number of nitrogens with one attached hydrogen (secondary N) is 1. The molecule has 1 saturated heterocycles. The Morgan fingerprint density at radius 3 is 2.45 bits per heavy atom. The molecule has 2 aliphatic rings. The number of carbonyl (C=O) groups is 1. The number of ether oxygens (including phenoxy) is 2. The van der Waals surface area contributed by atoms with Gasteiger partial charge in [-0.2, -0.15) is 0 Å². The number of sulfonamides is 1. The molecule has 1 fully saturated rings. The molecule has 1 unspecified atom stereocenters. The van der Waals surface area contributed by atoms with Gasteiger partial charge in [0, 0.05) is 18.7 Å². The predicted molar refractivity (Wildman–Crippen MR) is 154 cm³/mol. The molecule has 2 aromatic rings. The van der Waals surface area contributed by atoms with E-state index in [1.54, 1.807) is 43.9 Å². The molecule has 1 N–H and O–H groups in total. The zero-order chi connectivity index (χ0) is 29.3. The van der Waals surface area contributed by atoms with Crippen molar-refractivity contribution < 1.29 is 27.1 Å². The second-order valence-corrected chi connectivity index (χ2v) is 13.6. The number of amidine groups is 1. The first kappa shape index (κ1) is 29.6. The highest BCUT2D eigenvalue weighted by molar-refractivity contribution is 7.90. The Bertz CT molecular complexity index is 1410. The minimum Gasteiger partial charge on any atom is -0.457 e. The maximum atomic E-state index is 14.2. The summed E-state index contributed by atoms with van der Waals surface area (Å²) in [6.07, 6.45) is 2.65. The number of rotatable bonds is 5. The molecule has 1 amide bonds. The topological polar surface area (TPSA) is 97.3 Å².